The van der Waals surface area contributed by atoms with Crippen molar-refractivity contribution in [3.63, 3.8) is 0 Å². The Morgan fingerprint density at radius 2 is 1.56 bits per heavy atom. The molecule has 0 saturated heterocycles. The summed E-state index contributed by atoms with van der Waals surface area (Å²) in [4.78, 5) is 14.4. The maximum atomic E-state index is 11.8. The van der Waals surface area contributed by atoms with Gasteiger partial charge < -0.3 is 4.90 Å². The third kappa shape index (κ3) is 2.93. The van der Waals surface area contributed by atoms with Crippen molar-refractivity contribution in [3.05, 3.63) is 54.6 Å². The number of benzene rings is 2. The molecule has 0 bridgehead atoms. The monoisotopic (exact) mass is 257 g/mol. The van der Waals surface area contributed by atoms with Crippen LogP contribution in [0.3, 0.4) is 0 Å². The van der Waals surface area contributed by atoms with E-state index in [2.05, 4.69) is 12.1 Å². The predicted octanol–water partition coefficient (Wildman–Crippen LogP) is 4.13. The highest BCUT2D eigenvalue weighted by atomic mass is 32.2. The highest BCUT2D eigenvalue weighted by molar-refractivity contribution is 8.13. The van der Waals surface area contributed by atoms with Gasteiger partial charge >= 0.3 is 0 Å². The maximum absolute atomic E-state index is 11.8. The van der Waals surface area contributed by atoms with Gasteiger partial charge in [-0.1, -0.05) is 48.5 Å². The van der Waals surface area contributed by atoms with Crippen LogP contribution >= 0.6 is 11.8 Å². The molecule has 0 fully saturated rings. The molecule has 0 spiro atoms. The van der Waals surface area contributed by atoms with Crippen LogP contribution in [0.2, 0.25) is 0 Å². The Morgan fingerprint density at radius 3 is 2.22 bits per heavy atom. The molecule has 0 radical (unpaired) electrons. The topological polar surface area (TPSA) is 20.3 Å². The second-order valence-electron chi connectivity index (χ2n) is 4.12. The van der Waals surface area contributed by atoms with Crippen LogP contribution in [0.4, 0.5) is 4.79 Å². The number of carbonyl (C=O) groups excluding carboxylic acids is 1. The minimum atomic E-state index is 0.0402. The summed E-state index contributed by atoms with van der Waals surface area (Å²) >= 11 is 1.26. The van der Waals surface area contributed by atoms with Crippen LogP contribution in [-0.4, -0.2) is 24.2 Å². The third-order valence-electron chi connectivity index (χ3n) is 2.53. The first-order valence-electron chi connectivity index (χ1n) is 5.72. The summed E-state index contributed by atoms with van der Waals surface area (Å²) in [6, 6.07) is 18.1. The minimum Gasteiger partial charge on any atom is -0.339 e. The lowest BCUT2D eigenvalue weighted by molar-refractivity contribution is 0.241. The van der Waals surface area contributed by atoms with E-state index in [1.54, 1.807) is 19.0 Å². The summed E-state index contributed by atoms with van der Waals surface area (Å²) in [7, 11) is 3.53. The zero-order chi connectivity index (χ0) is 13.0. The van der Waals surface area contributed by atoms with E-state index >= 15 is 0 Å². The van der Waals surface area contributed by atoms with Gasteiger partial charge in [0.15, 0.2) is 0 Å². The Bertz CT molecular complexity index is 537. The average molecular weight is 257 g/mol. The van der Waals surface area contributed by atoms with Gasteiger partial charge in [-0.3, -0.25) is 4.79 Å². The van der Waals surface area contributed by atoms with Crippen LogP contribution in [0.25, 0.3) is 11.1 Å². The molecule has 2 nitrogen and oxygen atoms in total. The molecule has 0 N–H and O–H groups in total. The Labute approximate surface area is 112 Å². The molecule has 0 saturated carbocycles. The molecule has 2 rings (SSSR count). The molecule has 0 aliphatic heterocycles. The number of nitrogens with zero attached hydrogens (tertiary/aromatic N) is 1. The third-order valence-corrected chi connectivity index (χ3v) is 3.65. The minimum absolute atomic E-state index is 0.0402. The molecule has 0 atom stereocenters. The Morgan fingerprint density at radius 1 is 0.944 bits per heavy atom. The lowest BCUT2D eigenvalue weighted by atomic mass is 10.1. The van der Waals surface area contributed by atoms with Crippen LogP contribution < -0.4 is 0 Å². The van der Waals surface area contributed by atoms with Crippen molar-refractivity contribution in [2.24, 2.45) is 0 Å². The summed E-state index contributed by atoms with van der Waals surface area (Å²) in [6.07, 6.45) is 0. The number of hydrogen-bond acceptors (Lipinski definition) is 2. The largest absolute Gasteiger partial charge is 0.339 e. The van der Waals surface area contributed by atoms with Gasteiger partial charge in [0.2, 0.25) is 0 Å². The zero-order valence-electron chi connectivity index (χ0n) is 10.5. The molecule has 92 valence electrons. The van der Waals surface area contributed by atoms with Gasteiger partial charge in [0.25, 0.3) is 5.24 Å². The van der Waals surface area contributed by atoms with Gasteiger partial charge in [0.05, 0.1) is 0 Å². The van der Waals surface area contributed by atoms with Crippen molar-refractivity contribution in [1.29, 1.82) is 0 Å². The molecule has 0 aliphatic carbocycles. The SMILES string of the molecule is CN(C)C(=O)Sc1ccccc1-c1ccccc1. The van der Waals surface area contributed by atoms with Crippen molar-refractivity contribution in [2.45, 2.75) is 4.90 Å². The summed E-state index contributed by atoms with van der Waals surface area (Å²) in [5.74, 6) is 0. The Balaban J connectivity index is 2.35. The Hall–Kier alpha value is -1.74. The summed E-state index contributed by atoms with van der Waals surface area (Å²) in [6.45, 7) is 0. The maximum Gasteiger partial charge on any atom is 0.285 e. The highest BCUT2D eigenvalue weighted by Gasteiger charge is 2.11. The second-order valence-corrected chi connectivity index (χ2v) is 5.12. The fraction of sp³-hybridized carbons (Fsp3) is 0.133. The molecule has 18 heavy (non-hydrogen) atoms. The molecule has 0 aliphatic rings. The normalized spacial score (nSPS) is 10.1. The smallest absolute Gasteiger partial charge is 0.285 e. The molecule has 2 aromatic carbocycles. The van der Waals surface area contributed by atoms with E-state index in [1.165, 1.54) is 11.8 Å². The van der Waals surface area contributed by atoms with Crippen LogP contribution in [0.15, 0.2) is 59.5 Å². The van der Waals surface area contributed by atoms with Crippen molar-refractivity contribution >= 4 is 17.0 Å². The lowest BCUT2D eigenvalue weighted by Crippen LogP contribution is -2.16. The number of rotatable bonds is 2. The number of carbonyl (C=O) groups is 1. The van der Waals surface area contributed by atoms with Crippen LogP contribution in [-0.2, 0) is 0 Å². The van der Waals surface area contributed by atoms with E-state index in [0.717, 1.165) is 16.0 Å². The molecular formula is C15H15NOS. The first kappa shape index (κ1) is 12.7. The van der Waals surface area contributed by atoms with Gasteiger partial charge in [0, 0.05) is 19.0 Å². The van der Waals surface area contributed by atoms with Crippen LogP contribution in [0.5, 0.6) is 0 Å². The van der Waals surface area contributed by atoms with E-state index in [1.807, 2.05) is 42.5 Å². The molecule has 1 amide bonds. The predicted molar refractivity (Wildman–Crippen MR) is 76.8 cm³/mol. The fourth-order valence-corrected chi connectivity index (χ4v) is 2.41. The molecule has 0 heterocycles. The zero-order valence-corrected chi connectivity index (χ0v) is 11.3. The van der Waals surface area contributed by atoms with Gasteiger partial charge in [0.1, 0.15) is 0 Å². The van der Waals surface area contributed by atoms with Crippen LogP contribution in [0.1, 0.15) is 0 Å². The Kier molecular flexibility index (Phi) is 4.05. The lowest BCUT2D eigenvalue weighted by Gasteiger charge is -2.12. The summed E-state index contributed by atoms with van der Waals surface area (Å²) in [5, 5.41) is 0.0402. The summed E-state index contributed by atoms with van der Waals surface area (Å²) in [5.41, 5.74) is 2.23. The quantitative estimate of drug-likeness (QED) is 0.754. The van der Waals surface area contributed by atoms with E-state index in [0.29, 0.717) is 0 Å². The molecular weight excluding hydrogens is 242 g/mol. The first-order valence-corrected chi connectivity index (χ1v) is 6.53. The average Bonchev–Trinajstić information content (AvgIpc) is 2.40. The van der Waals surface area contributed by atoms with Gasteiger partial charge in [-0.05, 0) is 29.0 Å². The number of amides is 1. The molecule has 0 aromatic heterocycles. The fourth-order valence-electron chi connectivity index (χ4n) is 1.60. The van der Waals surface area contributed by atoms with Gasteiger partial charge in [-0.15, -0.1) is 0 Å². The van der Waals surface area contributed by atoms with Crippen molar-refractivity contribution < 1.29 is 4.79 Å². The van der Waals surface area contributed by atoms with Crippen LogP contribution in [0, 0.1) is 0 Å². The van der Waals surface area contributed by atoms with E-state index in [9.17, 15) is 4.79 Å². The number of thioether (sulfide) groups is 1. The van der Waals surface area contributed by atoms with E-state index in [-0.39, 0.29) is 5.24 Å². The van der Waals surface area contributed by atoms with E-state index < -0.39 is 0 Å². The second kappa shape index (κ2) is 5.74. The summed E-state index contributed by atoms with van der Waals surface area (Å²) < 4.78 is 0. The van der Waals surface area contributed by atoms with Crippen molar-refractivity contribution in [1.82, 2.24) is 4.90 Å². The highest BCUT2D eigenvalue weighted by Crippen LogP contribution is 2.32. The molecule has 2 aromatic rings. The first-order chi connectivity index (χ1) is 8.68. The van der Waals surface area contributed by atoms with Gasteiger partial charge in [-0.2, -0.15) is 0 Å². The molecule has 3 heteroatoms. The van der Waals surface area contributed by atoms with Crippen molar-refractivity contribution in [3.8, 4) is 11.1 Å². The van der Waals surface area contributed by atoms with Gasteiger partial charge in [-0.25, -0.2) is 0 Å². The number of hydrogen-bond donors (Lipinski definition) is 0. The standard InChI is InChI=1S/C15H15NOS/c1-16(2)15(17)18-14-11-7-6-10-13(14)12-8-4-3-5-9-12/h3-11H,1-2H3. The van der Waals surface area contributed by atoms with E-state index in [4.69, 9.17) is 0 Å². The van der Waals surface area contributed by atoms with Crippen molar-refractivity contribution in [2.75, 3.05) is 14.1 Å². The molecule has 0 unspecified atom stereocenters.